The average molecular weight is 269 g/mol. The maximum absolute atomic E-state index is 5.69. The number of hydrogen-bond donors (Lipinski definition) is 2. The van der Waals surface area contributed by atoms with E-state index in [-0.39, 0.29) is 0 Å². The van der Waals surface area contributed by atoms with E-state index in [0.29, 0.717) is 6.54 Å². The SMILES string of the molecule is Cc1c(-c2ccc(C3CCCCC3)cc2)n[nH]c1CN. The summed E-state index contributed by atoms with van der Waals surface area (Å²) in [6, 6.07) is 8.96. The molecule has 0 amide bonds. The highest BCUT2D eigenvalue weighted by Crippen LogP contribution is 2.33. The number of rotatable bonds is 3. The summed E-state index contributed by atoms with van der Waals surface area (Å²) in [6.07, 6.45) is 6.86. The molecule has 0 unspecified atom stereocenters. The smallest absolute Gasteiger partial charge is 0.0953 e. The number of nitrogens with zero attached hydrogens (tertiary/aromatic N) is 1. The Morgan fingerprint density at radius 1 is 1.15 bits per heavy atom. The van der Waals surface area contributed by atoms with Gasteiger partial charge in [-0.3, -0.25) is 5.10 Å². The lowest BCUT2D eigenvalue weighted by molar-refractivity contribution is 0.443. The Bertz CT molecular complexity index is 562. The minimum atomic E-state index is 0.513. The molecule has 0 bridgehead atoms. The first-order chi connectivity index (χ1) is 9.79. The van der Waals surface area contributed by atoms with Gasteiger partial charge in [-0.05, 0) is 36.8 Å². The van der Waals surface area contributed by atoms with Crippen LogP contribution in [0, 0.1) is 6.92 Å². The van der Waals surface area contributed by atoms with E-state index < -0.39 is 0 Å². The van der Waals surface area contributed by atoms with Gasteiger partial charge < -0.3 is 5.73 Å². The Morgan fingerprint density at radius 3 is 2.45 bits per heavy atom. The van der Waals surface area contributed by atoms with Crippen molar-refractivity contribution in [3.05, 3.63) is 41.1 Å². The second-order valence-corrected chi connectivity index (χ2v) is 5.84. The molecule has 106 valence electrons. The molecule has 0 atom stereocenters. The third kappa shape index (κ3) is 2.50. The molecule has 0 aliphatic heterocycles. The highest BCUT2D eigenvalue weighted by atomic mass is 15.1. The first-order valence-electron chi connectivity index (χ1n) is 7.64. The number of H-pyrrole nitrogens is 1. The van der Waals surface area contributed by atoms with Crippen LogP contribution in [0.4, 0.5) is 0 Å². The Morgan fingerprint density at radius 2 is 1.85 bits per heavy atom. The van der Waals surface area contributed by atoms with E-state index in [9.17, 15) is 0 Å². The lowest BCUT2D eigenvalue weighted by Crippen LogP contribution is -2.04. The fourth-order valence-electron chi connectivity index (χ4n) is 3.26. The summed E-state index contributed by atoms with van der Waals surface area (Å²) in [5.41, 5.74) is 11.6. The second kappa shape index (κ2) is 5.80. The summed E-state index contributed by atoms with van der Waals surface area (Å²) >= 11 is 0. The maximum atomic E-state index is 5.69. The van der Waals surface area contributed by atoms with E-state index in [2.05, 4.69) is 41.4 Å². The molecule has 0 saturated heterocycles. The zero-order valence-corrected chi connectivity index (χ0v) is 12.2. The van der Waals surface area contributed by atoms with E-state index in [4.69, 9.17) is 5.73 Å². The van der Waals surface area contributed by atoms with E-state index >= 15 is 0 Å². The number of aromatic amines is 1. The Labute approximate surface area is 120 Å². The van der Waals surface area contributed by atoms with Gasteiger partial charge in [-0.15, -0.1) is 0 Å². The van der Waals surface area contributed by atoms with Gasteiger partial charge in [-0.2, -0.15) is 5.10 Å². The van der Waals surface area contributed by atoms with E-state index in [0.717, 1.165) is 22.9 Å². The predicted octanol–water partition coefficient (Wildman–Crippen LogP) is 3.89. The highest BCUT2D eigenvalue weighted by Gasteiger charge is 2.16. The number of hydrogen-bond acceptors (Lipinski definition) is 2. The largest absolute Gasteiger partial charge is 0.325 e. The van der Waals surface area contributed by atoms with Crippen LogP contribution in [-0.2, 0) is 6.54 Å². The summed E-state index contributed by atoms with van der Waals surface area (Å²) in [5.74, 6) is 0.762. The van der Waals surface area contributed by atoms with Crippen molar-refractivity contribution < 1.29 is 0 Å². The van der Waals surface area contributed by atoms with Crippen molar-refractivity contribution in [3.8, 4) is 11.3 Å². The van der Waals surface area contributed by atoms with Crippen molar-refractivity contribution in [3.63, 3.8) is 0 Å². The van der Waals surface area contributed by atoms with E-state index in [1.807, 2.05) is 0 Å². The van der Waals surface area contributed by atoms with Crippen LogP contribution >= 0.6 is 0 Å². The van der Waals surface area contributed by atoms with Crippen molar-refractivity contribution in [2.75, 3.05) is 0 Å². The van der Waals surface area contributed by atoms with Gasteiger partial charge in [0.2, 0.25) is 0 Å². The van der Waals surface area contributed by atoms with E-state index in [1.165, 1.54) is 43.2 Å². The van der Waals surface area contributed by atoms with Crippen molar-refractivity contribution >= 4 is 0 Å². The lowest BCUT2D eigenvalue weighted by atomic mass is 9.84. The first kappa shape index (κ1) is 13.4. The molecular formula is C17H23N3. The van der Waals surface area contributed by atoms with Crippen LogP contribution in [0.5, 0.6) is 0 Å². The Kier molecular flexibility index (Phi) is 3.88. The fourth-order valence-corrected chi connectivity index (χ4v) is 3.26. The van der Waals surface area contributed by atoms with Gasteiger partial charge in [0.25, 0.3) is 0 Å². The fraction of sp³-hybridized carbons (Fsp3) is 0.471. The second-order valence-electron chi connectivity index (χ2n) is 5.84. The number of nitrogens with two attached hydrogens (primary N) is 1. The van der Waals surface area contributed by atoms with Crippen molar-refractivity contribution in [1.82, 2.24) is 10.2 Å². The van der Waals surface area contributed by atoms with Crippen molar-refractivity contribution in [1.29, 1.82) is 0 Å². The molecule has 1 saturated carbocycles. The maximum Gasteiger partial charge on any atom is 0.0953 e. The molecule has 3 rings (SSSR count). The van der Waals surface area contributed by atoms with Crippen LogP contribution in [0.2, 0.25) is 0 Å². The molecule has 3 heteroatoms. The van der Waals surface area contributed by atoms with Crippen molar-refractivity contribution in [2.45, 2.75) is 51.5 Å². The standard InChI is InChI=1S/C17H23N3/c1-12-16(11-18)19-20-17(12)15-9-7-14(8-10-15)13-5-3-2-4-6-13/h7-10,13H,2-6,11,18H2,1H3,(H,19,20). The lowest BCUT2D eigenvalue weighted by Gasteiger charge is -2.22. The average Bonchev–Trinajstić information content (AvgIpc) is 2.89. The number of aromatic nitrogens is 2. The van der Waals surface area contributed by atoms with Gasteiger partial charge in [-0.25, -0.2) is 0 Å². The van der Waals surface area contributed by atoms with Gasteiger partial charge >= 0.3 is 0 Å². The molecule has 20 heavy (non-hydrogen) atoms. The minimum absolute atomic E-state index is 0.513. The van der Waals surface area contributed by atoms with Gasteiger partial charge in [0.05, 0.1) is 11.4 Å². The quantitative estimate of drug-likeness (QED) is 0.888. The predicted molar refractivity (Wildman–Crippen MR) is 82.5 cm³/mol. The number of benzene rings is 1. The van der Waals surface area contributed by atoms with Gasteiger partial charge in [0.15, 0.2) is 0 Å². The third-order valence-electron chi connectivity index (χ3n) is 4.58. The summed E-state index contributed by atoms with van der Waals surface area (Å²) in [7, 11) is 0. The van der Waals surface area contributed by atoms with Crippen LogP contribution in [0.25, 0.3) is 11.3 Å². The third-order valence-corrected chi connectivity index (χ3v) is 4.58. The van der Waals surface area contributed by atoms with Crippen LogP contribution in [0.15, 0.2) is 24.3 Å². The van der Waals surface area contributed by atoms with Crippen LogP contribution in [0.3, 0.4) is 0 Å². The zero-order chi connectivity index (χ0) is 13.9. The van der Waals surface area contributed by atoms with Gasteiger partial charge in [-0.1, -0.05) is 43.5 Å². The highest BCUT2D eigenvalue weighted by molar-refractivity contribution is 5.64. The summed E-state index contributed by atoms with van der Waals surface area (Å²) in [5, 5.41) is 7.42. The normalized spacial score (nSPS) is 16.5. The molecule has 0 radical (unpaired) electrons. The summed E-state index contributed by atoms with van der Waals surface area (Å²) in [4.78, 5) is 0. The molecule has 1 fully saturated rings. The molecule has 2 aromatic rings. The molecule has 1 aromatic carbocycles. The zero-order valence-electron chi connectivity index (χ0n) is 12.2. The van der Waals surface area contributed by atoms with Crippen LogP contribution in [0.1, 0.15) is 54.8 Å². The van der Waals surface area contributed by atoms with Crippen LogP contribution in [-0.4, -0.2) is 10.2 Å². The molecule has 1 aliphatic rings. The van der Waals surface area contributed by atoms with E-state index in [1.54, 1.807) is 0 Å². The van der Waals surface area contributed by atoms with Gasteiger partial charge in [0.1, 0.15) is 0 Å². The molecule has 0 spiro atoms. The summed E-state index contributed by atoms with van der Waals surface area (Å²) < 4.78 is 0. The minimum Gasteiger partial charge on any atom is -0.325 e. The first-order valence-corrected chi connectivity index (χ1v) is 7.64. The molecule has 3 N–H and O–H groups in total. The Hall–Kier alpha value is -1.61. The molecule has 1 aromatic heterocycles. The molecule has 1 heterocycles. The summed E-state index contributed by atoms with van der Waals surface area (Å²) in [6.45, 7) is 2.59. The van der Waals surface area contributed by atoms with Crippen molar-refractivity contribution in [2.24, 2.45) is 5.73 Å². The Balaban J connectivity index is 1.83. The molecule has 1 aliphatic carbocycles. The molecule has 3 nitrogen and oxygen atoms in total. The topological polar surface area (TPSA) is 54.7 Å². The van der Waals surface area contributed by atoms with Crippen LogP contribution < -0.4 is 5.73 Å². The number of nitrogens with one attached hydrogen (secondary N) is 1. The monoisotopic (exact) mass is 269 g/mol. The molecular weight excluding hydrogens is 246 g/mol. The van der Waals surface area contributed by atoms with Gasteiger partial charge in [0, 0.05) is 12.1 Å².